The monoisotopic (exact) mass is 465 g/mol. The lowest BCUT2D eigenvalue weighted by Crippen LogP contribution is -2.51. The lowest BCUT2D eigenvalue weighted by atomic mass is 9.99. The van der Waals surface area contributed by atoms with Crippen molar-refractivity contribution in [3.05, 3.63) is 35.7 Å². The highest BCUT2D eigenvalue weighted by molar-refractivity contribution is 5.78. The molecule has 2 aliphatic rings. The molecule has 1 aromatic heterocycles. The normalized spacial score (nSPS) is 20.2. The number of hydrogen-bond donors (Lipinski definition) is 0. The maximum absolute atomic E-state index is 13.0. The summed E-state index contributed by atoms with van der Waals surface area (Å²) in [6, 6.07) is 4.75. The van der Waals surface area contributed by atoms with E-state index in [2.05, 4.69) is 26.9 Å². The minimum absolute atomic E-state index is 0.142. The van der Waals surface area contributed by atoms with E-state index < -0.39 is 11.7 Å². The molecule has 0 aliphatic carbocycles. The van der Waals surface area contributed by atoms with Crippen molar-refractivity contribution in [2.45, 2.75) is 38.9 Å². The first-order chi connectivity index (χ1) is 15.7. The number of hydrogen-bond acceptors (Lipinski definition) is 6. The fourth-order valence-electron chi connectivity index (χ4n) is 4.37. The molecule has 0 saturated carbocycles. The predicted octanol–water partition coefficient (Wildman–Crippen LogP) is 3.69. The summed E-state index contributed by atoms with van der Waals surface area (Å²) in [6.07, 6.45) is -2.28. The van der Waals surface area contributed by atoms with Gasteiger partial charge in [-0.15, -0.1) is 0 Å². The van der Waals surface area contributed by atoms with Gasteiger partial charge in [0.2, 0.25) is 17.6 Å². The number of piperazine rings is 1. The molecular formula is C23H30F3N5O2. The van der Waals surface area contributed by atoms with Gasteiger partial charge in [0.25, 0.3) is 0 Å². The Bertz CT molecular complexity index is 948. The molecule has 33 heavy (non-hydrogen) atoms. The van der Waals surface area contributed by atoms with E-state index in [1.54, 1.807) is 0 Å². The molecular weight excluding hydrogens is 435 g/mol. The van der Waals surface area contributed by atoms with Crippen LogP contribution in [0.2, 0.25) is 0 Å². The van der Waals surface area contributed by atoms with Crippen LogP contribution in [0.25, 0.3) is 11.4 Å². The number of halogens is 3. The molecule has 3 heterocycles. The number of aromatic nitrogens is 2. The van der Waals surface area contributed by atoms with Crippen LogP contribution in [0, 0.1) is 5.92 Å². The summed E-state index contributed by atoms with van der Waals surface area (Å²) in [5, 5.41) is 3.90. The Morgan fingerprint density at radius 2 is 1.85 bits per heavy atom. The van der Waals surface area contributed by atoms with Crippen molar-refractivity contribution in [3.8, 4) is 11.4 Å². The highest BCUT2D eigenvalue weighted by Crippen LogP contribution is 2.32. The first-order valence-corrected chi connectivity index (χ1v) is 11.5. The second-order valence-corrected chi connectivity index (χ2v) is 9.09. The number of piperidine rings is 1. The Morgan fingerprint density at radius 1 is 1.15 bits per heavy atom. The number of carbonyl (C=O) groups is 1. The summed E-state index contributed by atoms with van der Waals surface area (Å²) >= 11 is 0. The number of likely N-dealkylation sites (tertiary alicyclic amines) is 1. The van der Waals surface area contributed by atoms with Crippen LogP contribution >= 0.6 is 0 Å². The summed E-state index contributed by atoms with van der Waals surface area (Å²) < 4.78 is 44.4. The number of alkyl halides is 3. The minimum atomic E-state index is -4.43. The van der Waals surface area contributed by atoms with Crippen LogP contribution in [0.1, 0.15) is 44.2 Å². The summed E-state index contributed by atoms with van der Waals surface area (Å²) in [5.41, 5.74) is -0.480. The van der Waals surface area contributed by atoms with Crippen LogP contribution in [0.15, 0.2) is 28.8 Å². The minimum Gasteiger partial charge on any atom is -0.342 e. The van der Waals surface area contributed by atoms with Crippen LogP contribution in [0.3, 0.4) is 0 Å². The summed E-state index contributed by atoms with van der Waals surface area (Å²) in [5.74, 6) is 1.40. The van der Waals surface area contributed by atoms with Gasteiger partial charge >= 0.3 is 6.18 Å². The van der Waals surface area contributed by atoms with Crippen LogP contribution in [-0.2, 0) is 11.0 Å². The van der Waals surface area contributed by atoms with Crippen molar-refractivity contribution < 1.29 is 22.5 Å². The van der Waals surface area contributed by atoms with Gasteiger partial charge in [-0.1, -0.05) is 24.2 Å². The zero-order valence-electron chi connectivity index (χ0n) is 19.0. The topological polar surface area (TPSA) is 65.7 Å². The maximum Gasteiger partial charge on any atom is 0.416 e. The molecule has 2 saturated heterocycles. The largest absolute Gasteiger partial charge is 0.416 e. The third kappa shape index (κ3) is 5.73. The molecule has 1 atom stereocenters. The standard InChI is InChI=1S/C23H30F3N5O2/c1-16-6-8-31(9-7-16)20(32)15-29-10-12-30(13-11-29)17(2)22-27-21(28-33-22)18-4-3-5-19(14-18)23(24,25)26/h3-5,14,16-17H,6-13,15H2,1-2H3. The lowest BCUT2D eigenvalue weighted by Gasteiger charge is -2.38. The molecule has 1 amide bonds. The molecule has 1 unspecified atom stereocenters. The van der Waals surface area contributed by atoms with Crippen LogP contribution < -0.4 is 0 Å². The molecule has 0 N–H and O–H groups in total. The van der Waals surface area contributed by atoms with Crippen molar-refractivity contribution in [1.29, 1.82) is 0 Å². The zero-order chi connectivity index (χ0) is 23.6. The highest BCUT2D eigenvalue weighted by Gasteiger charge is 2.31. The second-order valence-electron chi connectivity index (χ2n) is 9.09. The van der Waals surface area contributed by atoms with Gasteiger partial charge in [-0.2, -0.15) is 18.2 Å². The molecule has 7 nitrogen and oxygen atoms in total. The Balaban J connectivity index is 1.31. The van der Waals surface area contributed by atoms with Gasteiger partial charge in [-0.05, 0) is 37.8 Å². The van der Waals surface area contributed by atoms with Crippen molar-refractivity contribution in [2.75, 3.05) is 45.8 Å². The van der Waals surface area contributed by atoms with E-state index in [1.807, 2.05) is 11.8 Å². The van der Waals surface area contributed by atoms with Gasteiger partial charge in [-0.3, -0.25) is 14.6 Å². The Labute approximate surface area is 191 Å². The number of amides is 1. The average Bonchev–Trinajstić information content (AvgIpc) is 3.29. The van der Waals surface area contributed by atoms with Gasteiger partial charge in [0.05, 0.1) is 18.2 Å². The third-order valence-electron chi connectivity index (χ3n) is 6.70. The molecule has 180 valence electrons. The average molecular weight is 466 g/mol. The van der Waals surface area contributed by atoms with Crippen LogP contribution in [-0.4, -0.2) is 76.6 Å². The quantitative estimate of drug-likeness (QED) is 0.671. The van der Waals surface area contributed by atoms with Crippen molar-refractivity contribution in [3.63, 3.8) is 0 Å². The first-order valence-electron chi connectivity index (χ1n) is 11.5. The maximum atomic E-state index is 13.0. The summed E-state index contributed by atoms with van der Waals surface area (Å²) in [4.78, 5) is 23.3. The Kier molecular flexibility index (Phi) is 7.04. The number of benzene rings is 1. The van der Waals surface area contributed by atoms with Crippen LogP contribution in [0.4, 0.5) is 13.2 Å². The zero-order valence-corrected chi connectivity index (χ0v) is 19.0. The molecule has 0 radical (unpaired) electrons. The molecule has 2 aliphatic heterocycles. The van der Waals surface area contributed by atoms with Gasteiger partial charge < -0.3 is 9.42 Å². The van der Waals surface area contributed by atoms with Crippen molar-refractivity contribution in [1.82, 2.24) is 24.8 Å². The fourth-order valence-corrected chi connectivity index (χ4v) is 4.37. The SMILES string of the molecule is CC1CCN(C(=O)CN2CCN(C(C)c3nc(-c4cccc(C(F)(F)F)c4)no3)CC2)CC1. The van der Waals surface area contributed by atoms with Gasteiger partial charge in [0, 0.05) is 44.8 Å². The van der Waals surface area contributed by atoms with Crippen molar-refractivity contribution >= 4 is 5.91 Å². The Morgan fingerprint density at radius 3 is 2.52 bits per heavy atom. The number of carbonyl (C=O) groups excluding carboxylic acids is 1. The molecule has 4 rings (SSSR count). The van der Waals surface area contributed by atoms with E-state index in [0.29, 0.717) is 18.4 Å². The van der Waals surface area contributed by atoms with E-state index in [-0.39, 0.29) is 23.3 Å². The number of nitrogens with zero attached hydrogens (tertiary/aromatic N) is 5. The van der Waals surface area contributed by atoms with Crippen molar-refractivity contribution in [2.24, 2.45) is 5.92 Å². The van der Waals surface area contributed by atoms with E-state index in [0.717, 1.165) is 64.2 Å². The van der Waals surface area contributed by atoms with E-state index in [9.17, 15) is 18.0 Å². The van der Waals surface area contributed by atoms with Gasteiger partial charge in [0.15, 0.2) is 0 Å². The van der Waals surface area contributed by atoms with E-state index >= 15 is 0 Å². The van der Waals surface area contributed by atoms with E-state index in [1.165, 1.54) is 12.1 Å². The molecule has 0 bridgehead atoms. The second kappa shape index (κ2) is 9.80. The predicted molar refractivity (Wildman–Crippen MR) is 116 cm³/mol. The highest BCUT2D eigenvalue weighted by atomic mass is 19.4. The van der Waals surface area contributed by atoms with Gasteiger partial charge in [-0.25, -0.2) is 0 Å². The third-order valence-corrected chi connectivity index (χ3v) is 6.70. The number of rotatable bonds is 5. The lowest BCUT2D eigenvalue weighted by molar-refractivity contribution is -0.137. The summed E-state index contributed by atoms with van der Waals surface area (Å²) in [7, 11) is 0. The van der Waals surface area contributed by atoms with Gasteiger partial charge in [0.1, 0.15) is 0 Å². The molecule has 1 aromatic carbocycles. The van der Waals surface area contributed by atoms with Crippen LogP contribution in [0.5, 0.6) is 0 Å². The summed E-state index contributed by atoms with van der Waals surface area (Å²) in [6.45, 7) is 9.32. The molecule has 0 spiro atoms. The molecule has 2 fully saturated rings. The molecule has 2 aromatic rings. The molecule has 10 heteroatoms. The Hall–Kier alpha value is -2.46. The van der Waals surface area contributed by atoms with E-state index in [4.69, 9.17) is 4.52 Å². The first kappa shape index (κ1) is 23.7. The fraction of sp³-hybridized carbons (Fsp3) is 0.609. The smallest absolute Gasteiger partial charge is 0.342 e.